The molecule has 0 saturated heterocycles. The molecule has 0 radical (unpaired) electrons. The van der Waals surface area contributed by atoms with E-state index in [4.69, 9.17) is 11.6 Å². The van der Waals surface area contributed by atoms with Crippen molar-refractivity contribution in [3.05, 3.63) is 94.5 Å². The molecule has 0 aliphatic rings. The van der Waals surface area contributed by atoms with Crippen LogP contribution in [-0.4, -0.2) is 20.9 Å². The molecule has 1 N–H and O–H groups in total. The van der Waals surface area contributed by atoms with E-state index in [0.29, 0.717) is 17.1 Å². The van der Waals surface area contributed by atoms with Gasteiger partial charge in [-0.3, -0.25) is 9.10 Å². The lowest BCUT2D eigenvalue weighted by Gasteiger charge is -2.26. The topological polar surface area (TPSA) is 66.5 Å². The van der Waals surface area contributed by atoms with Crippen molar-refractivity contribution >= 4 is 33.2 Å². The molecule has 0 fully saturated rings. The second-order valence-corrected chi connectivity index (χ2v) is 9.97. The van der Waals surface area contributed by atoms with Gasteiger partial charge in [0.15, 0.2) is 0 Å². The first kappa shape index (κ1) is 23.8. The highest BCUT2D eigenvalue weighted by Gasteiger charge is 2.28. The van der Waals surface area contributed by atoms with E-state index in [2.05, 4.69) is 5.32 Å². The zero-order valence-corrected chi connectivity index (χ0v) is 20.0. The van der Waals surface area contributed by atoms with Crippen molar-refractivity contribution in [3.63, 3.8) is 0 Å². The van der Waals surface area contributed by atoms with E-state index in [0.717, 1.165) is 21.0 Å². The molecule has 0 heterocycles. The third-order valence-electron chi connectivity index (χ3n) is 5.29. The summed E-state index contributed by atoms with van der Waals surface area (Å²) in [6, 6.07) is 20.9. The maximum absolute atomic E-state index is 13.5. The normalized spacial score (nSPS) is 12.2. The predicted octanol–water partition coefficient (Wildman–Crippen LogP) is 5.42. The minimum Gasteiger partial charge on any atom is -0.348 e. The molecule has 0 spiro atoms. The monoisotopic (exact) mass is 470 g/mol. The molecule has 0 saturated carbocycles. The van der Waals surface area contributed by atoms with Gasteiger partial charge in [-0.2, -0.15) is 0 Å². The summed E-state index contributed by atoms with van der Waals surface area (Å²) in [4.78, 5) is 13.1. The number of nitrogens with zero attached hydrogens (tertiary/aromatic N) is 1. The molecule has 32 heavy (non-hydrogen) atoms. The molecule has 7 heteroatoms. The highest BCUT2D eigenvalue weighted by atomic mass is 35.5. The van der Waals surface area contributed by atoms with Gasteiger partial charge in [-0.1, -0.05) is 72.6 Å². The molecular formula is C25H27ClN2O3S. The van der Waals surface area contributed by atoms with Crippen LogP contribution in [-0.2, 0) is 14.8 Å². The predicted molar refractivity (Wildman–Crippen MR) is 130 cm³/mol. The molecule has 0 aliphatic heterocycles. The van der Waals surface area contributed by atoms with Crippen molar-refractivity contribution in [2.24, 2.45) is 0 Å². The van der Waals surface area contributed by atoms with E-state index in [9.17, 15) is 13.2 Å². The Kier molecular flexibility index (Phi) is 7.59. The van der Waals surface area contributed by atoms with Gasteiger partial charge in [-0.25, -0.2) is 8.42 Å². The second kappa shape index (κ2) is 10.2. The van der Waals surface area contributed by atoms with Gasteiger partial charge in [0.25, 0.3) is 10.0 Å². The van der Waals surface area contributed by atoms with E-state index in [-0.39, 0.29) is 17.5 Å². The lowest BCUT2D eigenvalue weighted by molar-refractivity contribution is -0.120. The van der Waals surface area contributed by atoms with Crippen molar-refractivity contribution in [3.8, 4) is 0 Å². The molecule has 0 aliphatic carbocycles. The molecular weight excluding hydrogens is 444 g/mol. The number of nitrogens with one attached hydrogen (secondary N) is 1. The van der Waals surface area contributed by atoms with Gasteiger partial charge in [0.05, 0.1) is 16.6 Å². The molecule has 0 unspecified atom stereocenters. The van der Waals surface area contributed by atoms with Crippen LogP contribution in [0.3, 0.4) is 0 Å². The Morgan fingerprint density at radius 3 is 2.25 bits per heavy atom. The summed E-state index contributed by atoms with van der Waals surface area (Å²) in [5.74, 6) is -0.395. The van der Waals surface area contributed by atoms with Crippen LogP contribution in [0.25, 0.3) is 0 Å². The summed E-state index contributed by atoms with van der Waals surface area (Å²) in [5.41, 5.74) is 3.07. The number of amides is 1. The van der Waals surface area contributed by atoms with Crippen LogP contribution in [0, 0.1) is 13.8 Å². The summed E-state index contributed by atoms with van der Waals surface area (Å²) >= 11 is 6.28. The summed E-state index contributed by atoms with van der Waals surface area (Å²) in [6.07, 6.45) is 0.677. The molecule has 168 valence electrons. The number of carbonyl (C=O) groups excluding carboxylic acids is 1. The van der Waals surface area contributed by atoms with Gasteiger partial charge in [-0.15, -0.1) is 0 Å². The first-order valence-electron chi connectivity index (χ1n) is 10.4. The average Bonchev–Trinajstić information content (AvgIpc) is 2.78. The van der Waals surface area contributed by atoms with Gasteiger partial charge in [0.1, 0.15) is 6.54 Å². The first-order valence-corrected chi connectivity index (χ1v) is 12.2. The molecule has 0 aromatic heterocycles. The summed E-state index contributed by atoms with van der Waals surface area (Å²) < 4.78 is 28.1. The fourth-order valence-corrected chi connectivity index (χ4v) is 4.95. The van der Waals surface area contributed by atoms with Crippen LogP contribution in [0.15, 0.2) is 77.7 Å². The van der Waals surface area contributed by atoms with Crippen molar-refractivity contribution in [1.82, 2.24) is 5.32 Å². The number of halogens is 1. The summed E-state index contributed by atoms with van der Waals surface area (Å²) in [6.45, 7) is 5.33. The minimum atomic E-state index is -3.99. The fourth-order valence-electron chi connectivity index (χ4n) is 3.37. The maximum atomic E-state index is 13.5. The Morgan fingerprint density at radius 1 is 1.00 bits per heavy atom. The second-order valence-electron chi connectivity index (χ2n) is 7.70. The van der Waals surface area contributed by atoms with E-state index in [1.165, 1.54) is 0 Å². The molecule has 1 atom stereocenters. The molecule has 3 rings (SSSR count). The number of sulfonamides is 1. The summed E-state index contributed by atoms with van der Waals surface area (Å²) in [7, 11) is -3.99. The van der Waals surface area contributed by atoms with Gasteiger partial charge in [-0.05, 0) is 55.7 Å². The average molecular weight is 471 g/mol. The van der Waals surface area contributed by atoms with Crippen LogP contribution in [0.4, 0.5) is 5.69 Å². The Bertz CT molecular complexity index is 1180. The highest BCUT2D eigenvalue weighted by molar-refractivity contribution is 7.92. The number of anilines is 1. The van der Waals surface area contributed by atoms with Crippen molar-refractivity contribution in [2.75, 3.05) is 10.8 Å². The molecule has 3 aromatic carbocycles. The molecule has 5 nitrogen and oxygen atoms in total. The number of hydrogen-bond donors (Lipinski definition) is 1. The smallest absolute Gasteiger partial charge is 0.264 e. The molecule has 0 bridgehead atoms. The van der Waals surface area contributed by atoms with Gasteiger partial charge < -0.3 is 5.32 Å². The first-order chi connectivity index (χ1) is 15.2. The third kappa shape index (κ3) is 5.50. The minimum absolute atomic E-state index is 0.114. The van der Waals surface area contributed by atoms with Gasteiger partial charge in [0.2, 0.25) is 5.91 Å². The molecule has 3 aromatic rings. The Hall–Kier alpha value is -2.83. The van der Waals surface area contributed by atoms with Crippen LogP contribution in [0.5, 0.6) is 0 Å². The van der Waals surface area contributed by atoms with Crippen LogP contribution >= 0.6 is 11.6 Å². The number of rotatable bonds is 8. The van der Waals surface area contributed by atoms with E-state index < -0.39 is 15.9 Å². The number of hydrogen-bond acceptors (Lipinski definition) is 3. The van der Waals surface area contributed by atoms with E-state index >= 15 is 0 Å². The van der Waals surface area contributed by atoms with E-state index in [1.807, 2.05) is 51.1 Å². The summed E-state index contributed by atoms with van der Waals surface area (Å²) in [5, 5.41) is 3.40. The van der Waals surface area contributed by atoms with E-state index in [1.54, 1.807) is 42.5 Å². The highest BCUT2D eigenvalue weighted by Crippen LogP contribution is 2.28. The fraction of sp³-hybridized carbons (Fsp3) is 0.240. The van der Waals surface area contributed by atoms with Crippen molar-refractivity contribution < 1.29 is 13.2 Å². The molecule has 1 amide bonds. The van der Waals surface area contributed by atoms with Gasteiger partial charge >= 0.3 is 0 Å². The zero-order chi connectivity index (χ0) is 23.3. The van der Waals surface area contributed by atoms with Gasteiger partial charge in [0, 0.05) is 5.02 Å². The largest absolute Gasteiger partial charge is 0.348 e. The lowest BCUT2D eigenvalue weighted by Crippen LogP contribution is -2.42. The Labute approximate surface area is 195 Å². The Morgan fingerprint density at radius 2 is 1.66 bits per heavy atom. The maximum Gasteiger partial charge on any atom is 0.264 e. The standard InChI is InChI=1S/C25H27ClN2O3S/c1-4-24(20-8-6-5-7-9-20)27-25(29)17-28(21-13-12-19(3)23(26)16-21)32(30,31)22-14-10-18(2)11-15-22/h5-16,24H,4,17H2,1-3H3,(H,27,29)/t24-/m0/s1. The number of carbonyl (C=O) groups is 1. The number of aryl methyl sites for hydroxylation is 2. The van der Waals surface area contributed by atoms with Crippen LogP contribution < -0.4 is 9.62 Å². The SMILES string of the molecule is CC[C@H](NC(=O)CN(c1ccc(C)c(Cl)c1)S(=O)(=O)c1ccc(C)cc1)c1ccccc1. The lowest BCUT2D eigenvalue weighted by atomic mass is 10.0. The van der Waals surface area contributed by atoms with Crippen LogP contribution in [0.2, 0.25) is 5.02 Å². The zero-order valence-electron chi connectivity index (χ0n) is 18.4. The Balaban J connectivity index is 1.94. The third-order valence-corrected chi connectivity index (χ3v) is 7.48. The van der Waals surface area contributed by atoms with Crippen molar-refractivity contribution in [2.45, 2.75) is 38.1 Å². The number of benzene rings is 3. The quantitative estimate of drug-likeness (QED) is 0.478. The van der Waals surface area contributed by atoms with Crippen molar-refractivity contribution in [1.29, 1.82) is 0 Å². The van der Waals surface area contributed by atoms with Crippen LogP contribution in [0.1, 0.15) is 36.1 Å².